The van der Waals surface area contributed by atoms with E-state index in [1.165, 1.54) is 6.20 Å². The van der Waals surface area contributed by atoms with E-state index in [0.29, 0.717) is 6.54 Å². The zero-order valence-corrected chi connectivity index (χ0v) is 13.1. The predicted molar refractivity (Wildman–Crippen MR) is 78.5 cm³/mol. The Morgan fingerprint density at radius 3 is 2.60 bits per heavy atom. The van der Waals surface area contributed by atoms with Crippen LogP contribution < -0.4 is 10.1 Å². The van der Waals surface area contributed by atoms with Crippen molar-refractivity contribution >= 4 is 10.0 Å². The topological polar surface area (TPSA) is 77.2 Å². The Bertz CT molecular complexity index is 530. The Kier molecular flexibility index (Phi) is 4.85. The van der Waals surface area contributed by atoms with Crippen LogP contribution in [0.5, 0.6) is 0 Å². The minimum atomic E-state index is -3.51. The van der Waals surface area contributed by atoms with Crippen LogP contribution in [-0.2, 0) is 16.6 Å². The maximum atomic E-state index is 12.4. The molecule has 0 spiro atoms. The fraction of sp³-hybridized carbons (Fsp3) is 0.692. The molecule has 2 rings (SSSR count). The van der Waals surface area contributed by atoms with Gasteiger partial charge in [-0.2, -0.15) is 0 Å². The summed E-state index contributed by atoms with van der Waals surface area (Å²) in [6.07, 6.45) is 4.72. The number of hydrazine groups is 1. The summed E-state index contributed by atoms with van der Waals surface area (Å²) in [7, 11) is -1.68. The van der Waals surface area contributed by atoms with E-state index in [9.17, 15) is 8.42 Å². The Morgan fingerprint density at radius 1 is 1.35 bits per heavy atom. The van der Waals surface area contributed by atoms with Crippen molar-refractivity contribution in [2.45, 2.75) is 56.6 Å². The highest BCUT2D eigenvalue weighted by atomic mass is 32.2. The van der Waals surface area contributed by atoms with Gasteiger partial charge in [0.05, 0.1) is 0 Å². The van der Waals surface area contributed by atoms with E-state index in [-0.39, 0.29) is 17.0 Å². The smallest absolute Gasteiger partial charge is 0.254 e. The van der Waals surface area contributed by atoms with Gasteiger partial charge in [-0.15, -0.1) is 4.83 Å². The predicted octanol–water partition coefficient (Wildman–Crippen LogP) is 1.19. The number of nitrogens with zero attached hydrogens (tertiary/aromatic N) is 1. The molecular formula is C13H24N4O2S. The Morgan fingerprint density at radius 2 is 2.00 bits per heavy atom. The molecule has 1 aliphatic rings. The maximum absolute atomic E-state index is 12.4. The molecule has 0 aliphatic carbocycles. The first-order valence-corrected chi connectivity index (χ1v) is 8.55. The first-order chi connectivity index (χ1) is 9.44. The Balaban J connectivity index is 2.13. The van der Waals surface area contributed by atoms with Gasteiger partial charge in [0.2, 0.25) is 0 Å². The van der Waals surface area contributed by atoms with E-state index in [4.69, 9.17) is 0 Å². The van der Waals surface area contributed by atoms with E-state index in [1.807, 2.05) is 12.1 Å². The summed E-state index contributed by atoms with van der Waals surface area (Å²) in [6, 6.07) is 2.12. The minimum Gasteiger partial charge on any atom is -0.363 e. The van der Waals surface area contributed by atoms with Crippen molar-refractivity contribution in [1.82, 2.24) is 20.1 Å². The summed E-state index contributed by atoms with van der Waals surface area (Å²) in [5, 5.41) is 4.85. The van der Waals surface area contributed by atoms with Crippen molar-refractivity contribution in [1.29, 1.82) is 0 Å². The second-order valence-corrected chi connectivity index (χ2v) is 7.18. The van der Waals surface area contributed by atoms with Crippen LogP contribution in [0.15, 0.2) is 17.2 Å². The molecule has 0 bridgehead atoms. The standard InChI is InChI=1S/C13H24N4O2S/c1-10-5-4-6-11(2)17(10)16-20(18,19)13-7-12(8-14-3)15-9-13/h7,9-11,14-16H,4-6,8H2,1-3H3. The Labute approximate surface area is 121 Å². The number of rotatable bonds is 5. The molecule has 1 aliphatic heterocycles. The number of aromatic amines is 1. The van der Waals surface area contributed by atoms with Gasteiger partial charge in [0.1, 0.15) is 4.90 Å². The molecule has 1 fully saturated rings. The lowest BCUT2D eigenvalue weighted by molar-refractivity contribution is 0.0790. The number of aromatic nitrogens is 1. The molecule has 0 aromatic carbocycles. The number of hydrogen-bond acceptors (Lipinski definition) is 4. The molecule has 1 aromatic heterocycles. The Hall–Kier alpha value is -0.890. The molecule has 1 aromatic rings. The van der Waals surface area contributed by atoms with Crippen LogP contribution in [0.2, 0.25) is 0 Å². The number of sulfonamides is 1. The summed E-state index contributed by atoms with van der Waals surface area (Å²) < 4.78 is 24.8. The molecule has 3 N–H and O–H groups in total. The third kappa shape index (κ3) is 3.41. The van der Waals surface area contributed by atoms with Crippen LogP contribution in [-0.4, -0.2) is 37.5 Å². The summed E-state index contributed by atoms with van der Waals surface area (Å²) >= 11 is 0. The first-order valence-electron chi connectivity index (χ1n) is 7.06. The highest BCUT2D eigenvalue weighted by Crippen LogP contribution is 2.22. The van der Waals surface area contributed by atoms with E-state index in [2.05, 4.69) is 29.0 Å². The van der Waals surface area contributed by atoms with Crippen molar-refractivity contribution in [3.63, 3.8) is 0 Å². The average Bonchev–Trinajstić information content (AvgIpc) is 2.84. The minimum absolute atomic E-state index is 0.226. The first kappa shape index (κ1) is 15.5. The molecule has 20 heavy (non-hydrogen) atoms. The molecule has 114 valence electrons. The van der Waals surface area contributed by atoms with Crippen molar-refractivity contribution in [3.8, 4) is 0 Å². The fourth-order valence-corrected chi connectivity index (χ4v) is 3.91. The van der Waals surface area contributed by atoms with Gasteiger partial charge in [-0.1, -0.05) is 6.42 Å². The van der Waals surface area contributed by atoms with Gasteiger partial charge in [0, 0.05) is 30.5 Å². The molecule has 2 unspecified atom stereocenters. The number of piperidine rings is 1. The van der Waals surface area contributed by atoms with Crippen LogP contribution in [0.3, 0.4) is 0 Å². The second-order valence-electron chi connectivity index (χ2n) is 5.52. The van der Waals surface area contributed by atoms with E-state index in [1.54, 1.807) is 6.07 Å². The van der Waals surface area contributed by atoms with Gasteiger partial charge < -0.3 is 10.3 Å². The second kappa shape index (κ2) is 6.26. The van der Waals surface area contributed by atoms with E-state index < -0.39 is 10.0 Å². The van der Waals surface area contributed by atoms with Crippen LogP contribution in [0, 0.1) is 0 Å². The molecular weight excluding hydrogens is 276 g/mol. The zero-order valence-electron chi connectivity index (χ0n) is 12.3. The maximum Gasteiger partial charge on any atom is 0.254 e. The van der Waals surface area contributed by atoms with Gasteiger partial charge in [0.15, 0.2) is 0 Å². The van der Waals surface area contributed by atoms with Crippen LogP contribution in [0.4, 0.5) is 0 Å². The van der Waals surface area contributed by atoms with Crippen molar-refractivity contribution < 1.29 is 8.42 Å². The third-order valence-corrected chi connectivity index (χ3v) is 5.12. The third-order valence-electron chi connectivity index (χ3n) is 3.81. The highest BCUT2D eigenvalue weighted by molar-refractivity contribution is 7.89. The summed E-state index contributed by atoms with van der Waals surface area (Å²) in [5.74, 6) is 0. The SMILES string of the molecule is CNCc1cc(S(=O)(=O)NN2C(C)CCCC2C)c[nH]1. The van der Waals surface area contributed by atoms with Crippen LogP contribution >= 0.6 is 0 Å². The molecule has 0 saturated carbocycles. The quantitative estimate of drug-likeness (QED) is 0.763. The summed E-state index contributed by atoms with van der Waals surface area (Å²) in [4.78, 5) is 5.99. The normalized spacial score (nSPS) is 24.9. The lowest BCUT2D eigenvalue weighted by atomic mass is 10.0. The van der Waals surface area contributed by atoms with Crippen molar-refractivity contribution in [2.24, 2.45) is 0 Å². The lowest BCUT2D eigenvalue weighted by Gasteiger charge is -2.38. The number of nitrogens with one attached hydrogen (secondary N) is 3. The molecule has 6 nitrogen and oxygen atoms in total. The fourth-order valence-electron chi connectivity index (χ4n) is 2.66. The van der Waals surface area contributed by atoms with Crippen LogP contribution in [0.1, 0.15) is 38.8 Å². The van der Waals surface area contributed by atoms with Crippen molar-refractivity contribution in [3.05, 3.63) is 18.0 Å². The van der Waals surface area contributed by atoms with Gasteiger partial charge >= 0.3 is 0 Å². The molecule has 2 heterocycles. The van der Waals surface area contributed by atoms with Crippen molar-refractivity contribution in [2.75, 3.05) is 7.05 Å². The van der Waals surface area contributed by atoms with Gasteiger partial charge in [0.25, 0.3) is 10.0 Å². The largest absolute Gasteiger partial charge is 0.363 e. The van der Waals surface area contributed by atoms with Crippen LogP contribution in [0.25, 0.3) is 0 Å². The van der Waals surface area contributed by atoms with Gasteiger partial charge in [-0.25, -0.2) is 13.4 Å². The lowest BCUT2D eigenvalue weighted by Crippen LogP contribution is -2.53. The monoisotopic (exact) mass is 300 g/mol. The average molecular weight is 300 g/mol. The van der Waals surface area contributed by atoms with Gasteiger partial charge in [-0.3, -0.25) is 0 Å². The molecule has 1 saturated heterocycles. The summed E-state index contributed by atoms with van der Waals surface area (Å²) in [5.41, 5.74) is 0.854. The van der Waals surface area contributed by atoms with E-state index >= 15 is 0 Å². The molecule has 7 heteroatoms. The van der Waals surface area contributed by atoms with Gasteiger partial charge in [-0.05, 0) is 39.8 Å². The molecule has 2 atom stereocenters. The zero-order chi connectivity index (χ0) is 14.8. The highest BCUT2D eigenvalue weighted by Gasteiger charge is 2.29. The number of H-pyrrole nitrogens is 1. The number of hydrogen-bond donors (Lipinski definition) is 3. The molecule has 0 amide bonds. The summed E-state index contributed by atoms with van der Waals surface area (Å²) in [6.45, 7) is 4.73. The molecule has 0 radical (unpaired) electrons. The van der Waals surface area contributed by atoms with E-state index in [0.717, 1.165) is 25.0 Å².